The number of rotatable bonds is 44. The third-order valence-electron chi connectivity index (χ3n) is 8.38. The second-order valence-corrected chi connectivity index (χ2v) is 13.1. The molecule has 0 aliphatic heterocycles. The topological polar surface area (TPSA) is 154 Å². The molecular weight excluding hydrogens is 754 g/mol. The first kappa shape index (κ1) is 51.2. The van der Waals surface area contributed by atoms with E-state index in [9.17, 15) is 10.1 Å². The Bertz CT molecular complexity index is 1170. The van der Waals surface area contributed by atoms with E-state index in [0.717, 1.165) is 12.2 Å². The summed E-state index contributed by atoms with van der Waals surface area (Å²) in [6.45, 7) is 12.8. The van der Waals surface area contributed by atoms with Crippen LogP contribution < -0.4 is 9.47 Å². The summed E-state index contributed by atoms with van der Waals surface area (Å²) in [4.78, 5) is 10.2. The van der Waals surface area contributed by atoms with E-state index < -0.39 is 4.92 Å². The predicted molar refractivity (Wildman–Crippen MR) is 220 cm³/mol. The largest absolute Gasteiger partial charge is 0.491 e. The van der Waals surface area contributed by atoms with Crippen molar-refractivity contribution < 1.29 is 61.8 Å². The van der Waals surface area contributed by atoms with Crippen molar-refractivity contribution in [1.29, 1.82) is 0 Å². The van der Waals surface area contributed by atoms with Gasteiger partial charge in [0, 0.05) is 12.1 Å². The Balaban J connectivity index is 1.17. The highest BCUT2D eigenvalue weighted by Crippen LogP contribution is 2.17. The number of ether oxygens (including phenoxy) is 12. The second-order valence-electron chi connectivity index (χ2n) is 13.1. The molecule has 0 bridgehead atoms. The highest BCUT2D eigenvalue weighted by atomic mass is 16.6. The summed E-state index contributed by atoms with van der Waals surface area (Å²) in [5.74, 6) is 1.44. The maximum Gasteiger partial charge on any atom is 0.269 e. The monoisotopic (exact) mass is 825 g/mol. The Hall–Kier alpha value is -2.96. The first-order valence-corrected chi connectivity index (χ1v) is 21.1. The Kier molecular flexibility index (Phi) is 34.9. The third-order valence-corrected chi connectivity index (χ3v) is 8.38. The molecule has 2 rings (SSSR count). The SMILES string of the molecule is CCCCCCCCCc1ccc(OCCOCCOCCOCCOCCOCCOCCOCCOCCOCCOCCOc2ccc([N+](=O)[O-])cc2)cc1. The van der Waals surface area contributed by atoms with Crippen molar-refractivity contribution in [3.05, 3.63) is 64.2 Å². The van der Waals surface area contributed by atoms with Crippen LogP contribution in [0.5, 0.6) is 11.5 Å². The van der Waals surface area contributed by atoms with Gasteiger partial charge in [-0.2, -0.15) is 0 Å². The van der Waals surface area contributed by atoms with Crippen molar-refractivity contribution >= 4 is 5.69 Å². The van der Waals surface area contributed by atoms with Crippen LogP contribution in [-0.2, 0) is 53.8 Å². The summed E-state index contributed by atoms with van der Waals surface area (Å²) in [5.41, 5.74) is 1.40. The van der Waals surface area contributed by atoms with Crippen molar-refractivity contribution in [3.63, 3.8) is 0 Å². The van der Waals surface area contributed by atoms with Crippen LogP contribution in [0.2, 0.25) is 0 Å². The fraction of sp³-hybridized carbons (Fsp3) is 0.721. The first-order chi connectivity index (χ1) is 28.7. The van der Waals surface area contributed by atoms with Gasteiger partial charge >= 0.3 is 0 Å². The van der Waals surface area contributed by atoms with Crippen molar-refractivity contribution in [2.75, 3.05) is 145 Å². The first-order valence-electron chi connectivity index (χ1n) is 21.1. The Morgan fingerprint density at radius 2 is 0.655 bits per heavy atom. The van der Waals surface area contributed by atoms with Gasteiger partial charge in [-0.05, 0) is 42.7 Å². The Labute approximate surface area is 346 Å². The van der Waals surface area contributed by atoms with Gasteiger partial charge in [-0.15, -0.1) is 0 Å². The van der Waals surface area contributed by atoms with Gasteiger partial charge in [0.2, 0.25) is 0 Å². The number of unbranched alkanes of at least 4 members (excludes halogenated alkanes) is 6. The van der Waals surface area contributed by atoms with E-state index in [2.05, 4.69) is 19.1 Å². The molecule has 0 N–H and O–H groups in total. The summed E-state index contributed by atoms with van der Waals surface area (Å²) in [7, 11) is 0. The van der Waals surface area contributed by atoms with Crippen LogP contribution in [0, 0.1) is 10.1 Å². The number of nitro groups is 1. The number of nitro benzene ring substituents is 1. The second kappa shape index (κ2) is 39.5. The maximum atomic E-state index is 10.7. The van der Waals surface area contributed by atoms with Crippen molar-refractivity contribution in [1.82, 2.24) is 0 Å². The zero-order valence-electron chi connectivity index (χ0n) is 35.0. The molecule has 0 aliphatic carbocycles. The number of hydrogen-bond donors (Lipinski definition) is 0. The molecule has 15 nitrogen and oxygen atoms in total. The molecule has 0 fully saturated rings. The van der Waals surface area contributed by atoms with Crippen molar-refractivity contribution in [2.45, 2.75) is 58.3 Å². The molecule has 58 heavy (non-hydrogen) atoms. The molecule has 0 spiro atoms. The lowest BCUT2D eigenvalue weighted by atomic mass is 10.0. The zero-order valence-corrected chi connectivity index (χ0v) is 35.0. The van der Waals surface area contributed by atoms with Crippen LogP contribution in [-0.4, -0.2) is 150 Å². The molecule has 0 aromatic heterocycles. The normalized spacial score (nSPS) is 11.3. The van der Waals surface area contributed by atoms with Crippen molar-refractivity contribution in [3.8, 4) is 11.5 Å². The van der Waals surface area contributed by atoms with Crippen LogP contribution >= 0.6 is 0 Å². The molecule has 0 aliphatic rings. The molecule has 15 heteroatoms. The van der Waals surface area contributed by atoms with E-state index in [1.54, 1.807) is 12.1 Å². The summed E-state index contributed by atoms with van der Waals surface area (Å²) in [6, 6.07) is 14.4. The summed E-state index contributed by atoms with van der Waals surface area (Å²) in [5, 5.41) is 10.7. The quantitative estimate of drug-likeness (QED) is 0.0405. The predicted octanol–water partition coefficient (Wildman–Crippen LogP) is 6.51. The van der Waals surface area contributed by atoms with Crippen LogP contribution in [0.15, 0.2) is 48.5 Å². The van der Waals surface area contributed by atoms with E-state index in [1.807, 2.05) is 12.1 Å². The smallest absolute Gasteiger partial charge is 0.269 e. The molecule has 0 saturated heterocycles. The van der Waals surface area contributed by atoms with Crippen LogP contribution in [0.25, 0.3) is 0 Å². The fourth-order valence-corrected chi connectivity index (χ4v) is 5.22. The minimum Gasteiger partial charge on any atom is -0.491 e. The molecule has 0 heterocycles. The van der Waals surface area contributed by atoms with E-state index in [-0.39, 0.29) is 5.69 Å². The van der Waals surface area contributed by atoms with Gasteiger partial charge in [-0.25, -0.2) is 0 Å². The van der Waals surface area contributed by atoms with Crippen molar-refractivity contribution in [2.24, 2.45) is 0 Å². The maximum absolute atomic E-state index is 10.7. The lowest BCUT2D eigenvalue weighted by molar-refractivity contribution is -0.384. The van der Waals surface area contributed by atoms with Gasteiger partial charge in [0.1, 0.15) is 24.7 Å². The lowest BCUT2D eigenvalue weighted by Gasteiger charge is -2.09. The minimum atomic E-state index is -0.450. The summed E-state index contributed by atoms with van der Waals surface area (Å²) < 4.78 is 66.3. The van der Waals surface area contributed by atoms with Crippen LogP contribution in [0.3, 0.4) is 0 Å². The fourth-order valence-electron chi connectivity index (χ4n) is 5.22. The van der Waals surface area contributed by atoms with Gasteiger partial charge in [0.25, 0.3) is 5.69 Å². The lowest BCUT2D eigenvalue weighted by Crippen LogP contribution is -2.15. The van der Waals surface area contributed by atoms with Gasteiger partial charge in [0.15, 0.2) is 0 Å². The minimum absolute atomic E-state index is 0.0257. The third kappa shape index (κ3) is 32.0. The molecule has 0 saturated carbocycles. The number of aryl methyl sites for hydroxylation is 1. The van der Waals surface area contributed by atoms with E-state index in [4.69, 9.17) is 56.8 Å². The molecule has 332 valence electrons. The van der Waals surface area contributed by atoms with Gasteiger partial charge in [-0.3, -0.25) is 10.1 Å². The Morgan fingerprint density at radius 3 is 0.966 bits per heavy atom. The summed E-state index contributed by atoms with van der Waals surface area (Å²) >= 11 is 0. The van der Waals surface area contributed by atoms with E-state index in [0.29, 0.717) is 151 Å². The molecule has 2 aromatic carbocycles. The Morgan fingerprint density at radius 1 is 0.379 bits per heavy atom. The molecule has 2 aromatic rings. The molecule has 0 amide bonds. The number of nitrogens with zero attached hydrogens (tertiary/aromatic N) is 1. The standard InChI is InChI=1S/C43H71NO14/c1-2-3-4-5-6-7-8-9-40-10-14-42(15-11-40)57-38-36-55-34-32-53-30-28-51-26-24-49-22-20-47-18-19-48-21-23-50-25-27-52-29-31-54-33-35-56-37-39-58-43-16-12-41(13-17-43)44(45)46/h10-17H,2-9,18-39H2,1H3. The number of non-ortho nitro benzene ring substituents is 1. The molecular formula is C43H71NO14. The molecule has 0 radical (unpaired) electrons. The highest BCUT2D eigenvalue weighted by molar-refractivity contribution is 5.36. The van der Waals surface area contributed by atoms with Crippen LogP contribution in [0.4, 0.5) is 5.69 Å². The average Bonchev–Trinajstić information content (AvgIpc) is 3.24. The molecule has 0 atom stereocenters. The van der Waals surface area contributed by atoms with Gasteiger partial charge in [0.05, 0.1) is 137 Å². The summed E-state index contributed by atoms with van der Waals surface area (Å²) in [6.07, 6.45) is 10.5. The van der Waals surface area contributed by atoms with E-state index >= 15 is 0 Å². The average molecular weight is 826 g/mol. The molecule has 0 unspecified atom stereocenters. The van der Waals surface area contributed by atoms with Gasteiger partial charge in [-0.1, -0.05) is 57.6 Å². The zero-order chi connectivity index (χ0) is 41.2. The van der Waals surface area contributed by atoms with Crippen LogP contribution in [0.1, 0.15) is 57.4 Å². The van der Waals surface area contributed by atoms with Gasteiger partial charge < -0.3 is 56.8 Å². The highest BCUT2D eigenvalue weighted by Gasteiger charge is 2.04. The van der Waals surface area contributed by atoms with E-state index in [1.165, 1.54) is 62.6 Å². The number of benzene rings is 2. The number of hydrogen-bond acceptors (Lipinski definition) is 14.